The number of ether oxygens (including phenoxy) is 1. The van der Waals surface area contributed by atoms with E-state index >= 15 is 0 Å². The van der Waals surface area contributed by atoms with E-state index in [1.165, 1.54) is 0 Å². The van der Waals surface area contributed by atoms with Crippen LogP contribution in [0.4, 0.5) is 0 Å². The highest BCUT2D eigenvalue weighted by Gasteiger charge is 2.36. The van der Waals surface area contributed by atoms with E-state index in [1.807, 2.05) is 78.9 Å². The molecule has 2 amide bonds. The highest BCUT2D eigenvalue weighted by molar-refractivity contribution is 6.02. The predicted octanol–water partition coefficient (Wildman–Crippen LogP) is 3.60. The highest BCUT2D eigenvalue weighted by atomic mass is 16.5. The fraction of sp³-hybridized carbons (Fsp3) is 0.148. The average molecular weight is 453 g/mol. The number of benzene rings is 3. The molecule has 0 radical (unpaired) electrons. The third-order valence-corrected chi connectivity index (χ3v) is 6.17. The summed E-state index contributed by atoms with van der Waals surface area (Å²) in [4.78, 5) is 27.9. The van der Waals surface area contributed by atoms with Gasteiger partial charge in [-0.3, -0.25) is 9.59 Å². The van der Waals surface area contributed by atoms with Crippen LogP contribution >= 0.6 is 0 Å². The van der Waals surface area contributed by atoms with Crippen molar-refractivity contribution in [3.05, 3.63) is 102 Å². The lowest BCUT2D eigenvalue weighted by molar-refractivity contribution is -0.122. The van der Waals surface area contributed by atoms with Gasteiger partial charge in [0.25, 0.3) is 5.91 Å². The monoisotopic (exact) mass is 452 g/mol. The quantitative estimate of drug-likeness (QED) is 0.501. The minimum Gasteiger partial charge on any atom is -0.496 e. The Labute approximate surface area is 197 Å². The Balaban J connectivity index is 1.64. The maximum absolute atomic E-state index is 14.0. The van der Waals surface area contributed by atoms with Crippen molar-refractivity contribution in [1.29, 1.82) is 0 Å². The maximum Gasteiger partial charge on any atom is 0.258 e. The van der Waals surface area contributed by atoms with Crippen LogP contribution in [0.5, 0.6) is 5.75 Å². The molecule has 0 saturated heterocycles. The van der Waals surface area contributed by atoms with Crippen LogP contribution in [0.1, 0.15) is 21.5 Å². The first-order valence-corrected chi connectivity index (χ1v) is 11.0. The van der Waals surface area contributed by atoms with Gasteiger partial charge in [0.05, 0.1) is 18.4 Å². The third kappa shape index (κ3) is 3.81. The second kappa shape index (κ2) is 8.86. The number of nitrogens with two attached hydrogens (primary N) is 1. The Kier molecular flexibility index (Phi) is 5.59. The molecule has 5 rings (SSSR count). The van der Waals surface area contributed by atoms with Gasteiger partial charge >= 0.3 is 0 Å². The standard InChI is InChI=1S/C27H24N4O3/c1-34-24-14-8-7-13-21(24)25-22(17-31(29-25)20-11-3-2-4-12-20)27(33)30-16-19-10-6-5-9-18(19)15-23(30)26(28)32/h2-14,17,23H,15-16H2,1H3,(H2,28,32)/t23-/m1/s1. The molecule has 1 aliphatic rings. The van der Waals surface area contributed by atoms with Gasteiger partial charge in [-0.2, -0.15) is 5.10 Å². The fourth-order valence-corrected chi connectivity index (χ4v) is 4.43. The summed E-state index contributed by atoms with van der Waals surface area (Å²) in [5.41, 5.74) is 10.1. The number of carbonyl (C=O) groups excluding carboxylic acids is 2. The number of hydrogen-bond acceptors (Lipinski definition) is 4. The molecule has 1 atom stereocenters. The number of nitrogens with zero attached hydrogens (tertiary/aromatic N) is 3. The van der Waals surface area contributed by atoms with Crippen molar-refractivity contribution in [3.63, 3.8) is 0 Å². The number of hydrogen-bond donors (Lipinski definition) is 1. The summed E-state index contributed by atoms with van der Waals surface area (Å²) in [6.45, 7) is 0.296. The molecule has 7 nitrogen and oxygen atoms in total. The second-order valence-electron chi connectivity index (χ2n) is 8.20. The summed E-state index contributed by atoms with van der Waals surface area (Å²) in [6, 6.07) is 24.1. The molecule has 170 valence electrons. The molecule has 3 aromatic carbocycles. The summed E-state index contributed by atoms with van der Waals surface area (Å²) >= 11 is 0. The van der Waals surface area contributed by atoms with Crippen LogP contribution < -0.4 is 10.5 Å². The molecule has 34 heavy (non-hydrogen) atoms. The van der Waals surface area contributed by atoms with Crippen LogP contribution in [0, 0.1) is 0 Å². The lowest BCUT2D eigenvalue weighted by Crippen LogP contribution is -2.51. The minimum absolute atomic E-state index is 0.296. The molecule has 4 aromatic rings. The Morgan fingerprint density at radius 1 is 0.941 bits per heavy atom. The van der Waals surface area contributed by atoms with Crippen LogP contribution in [0.25, 0.3) is 16.9 Å². The van der Waals surface area contributed by atoms with Gasteiger partial charge in [0, 0.05) is 24.7 Å². The number of aromatic nitrogens is 2. The van der Waals surface area contributed by atoms with Gasteiger partial charge in [-0.05, 0) is 35.4 Å². The smallest absolute Gasteiger partial charge is 0.258 e. The zero-order valence-electron chi connectivity index (χ0n) is 18.7. The first-order valence-electron chi connectivity index (χ1n) is 11.0. The first kappa shape index (κ1) is 21.5. The van der Waals surface area contributed by atoms with Crippen molar-refractivity contribution >= 4 is 11.8 Å². The van der Waals surface area contributed by atoms with Crippen LogP contribution in [0.15, 0.2) is 85.1 Å². The van der Waals surface area contributed by atoms with E-state index < -0.39 is 11.9 Å². The minimum atomic E-state index is -0.743. The van der Waals surface area contributed by atoms with Crippen LogP contribution in [0.2, 0.25) is 0 Å². The van der Waals surface area contributed by atoms with Crippen molar-refractivity contribution in [2.45, 2.75) is 19.0 Å². The van der Waals surface area contributed by atoms with E-state index in [2.05, 4.69) is 0 Å². The van der Waals surface area contributed by atoms with Gasteiger partial charge in [-0.1, -0.05) is 54.6 Å². The van der Waals surface area contributed by atoms with E-state index in [9.17, 15) is 9.59 Å². The van der Waals surface area contributed by atoms with Crippen molar-refractivity contribution in [1.82, 2.24) is 14.7 Å². The van der Waals surface area contributed by atoms with Crippen LogP contribution in [-0.2, 0) is 17.8 Å². The summed E-state index contributed by atoms with van der Waals surface area (Å²) in [6.07, 6.45) is 2.09. The average Bonchev–Trinajstić information content (AvgIpc) is 3.33. The van der Waals surface area contributed by atoms with Gasteiger partial charge in [0.15, 0.2) is 0 Å². The Morgan fingerprint density at radius 3 is 2.35 bits per heavy atom. The number of carbonyl (C=O) groups is 2. The summed E-state index contributed by atoms with van der Waals surface area (Å²) < 4.78 is 7.23. The predicted molar refractivity (Wildman–Crippen MR) is 129 cm³/mol. The van der Waals surface area contributed by atoms with Gasteiger partial charge in [0.1, 0.15) is 17.5 Å². The number of amides is 2. The summed E-state index contributed by atoms with van der Waals surface area (Å²) in [7, 11) is 1.58. The molecule has 7 heteroatoms. The molecule has 1 aromatic heterocycles. The molecular weight excluding hydrogens is 428 g/mol. The molecular formula is C27H24N4O3. The zero-order valence-corrected chi connectivity index (χ0v) is 18.7. The van der Waals surface area contributed by atoms with Crippen molar-refractivity contribution in [3.8, 4) is 22.7 Å². The lowest BCUT2D eigenvalue weighted by atomic mass is 9.92. The third-order valence-electron chi connectivity index (χ3n) is 6.17. The molecule has 0 aliphatic carbocycles. The Bertz CT molecular complexity index is 1360. The number of rotatable bonds is 5. The normalized spacial score (nSPS) is 15.0. The molecule has 2 heterocycles. The second-order valence-corrected chi connectivity index (χ2v) is 8.20. The Morgan fingerprint density at radius 2 is 1.62 bits per heavy atom. The molecule has 0 spiro atoms. The topological polar surface area (TPSA) is 90.5 Å². The summed E-state index contributed by atoms with van der Waals surface area (Å²) in [5.74, 6) is -0.233. The van der Waals surface area contributed by atoms with Crippen molar-refractivity contribution in [2.24, 2.45) is 5.73 Å². The fourth-order valence-electron chi connectivity index (χ4n) is 4.43. The van der Waals surface area contributed by atoms with Crippen molar-refractivity contribution in [2.75, 3.05) is 7.11 Å². The number of primary amides is 1. The number of methoxy groups -OCH3 is 1. The largest absolute Gasteiger partial charge is 0.496 e. The number of fused-ring (bicyclic) bond motifs is 1. The van der Waals surface area contributed by atoms with Crippen LogP contribution in [0.3, 0.4) is 0 Å². The van der Waals surface area contributed by atoms with E-state index in [1.54, 1.807) is 22.9 Å². The zero-order chi connectivity index (χ0) is 23.7. The molecule has 2 N–H and O–H groups in total. The van der Waals surface area contributed by atoms with E-state index in [0.29, 0.717) is 35.5 Å². The van der Waals surface area contributed by atoms with Gasteiger partial charge in [-0.15, -0.1) is 0 Å². The SMILES string of the molecule is COc1ccccc1-c1nn(-c2ccccc2)cc1C(=O)N1Cc2ccccc2C[C@@H]1C(N)=O. The first-order chi connectivity index (χ1) is 16.6. The molecule has 0 bridgehead atoms. The number of para-hydroxylation sites is 2. The van der Waals surface area contributed by atoms with Gasteiger partial charge in [-0.25, -0.2) is 4.68 Å². The summed E-state index contributed by atoms with van der Waals surface area (Å²) in [5, 5.41) is 4.76. The molecule has 0 unspecified atom stereocenters. The maximum atomic E-state index is 14.0. The van der Waals surface area contributed by atoms with Crippen molar-refractivity contribution < 1.29 is 14.3 Å². The van der Waals surface area contributed by atoms with E-state index in [-0.39, 0.29) is 5.91 Å². The molecule has 0 saturated carbocycles. The van der Waals surface area contributed by atoms with Crippen LogP contribution in [-0.4, -0.2) is 39.6 Å². The molecule has 1 aliphatic heterocycles. The lowest BCUT2D eigenvalue weighted by Gasteiger charge is -2.35. The van der Waals surface area contributed by atoms with E-state index in [4.69, 9.17) is 15.6 Å². The van der Waals surface area contributed by atoms with Gasteiger partial charge < -0.3 is 15.4 Å². The highest BCUT2D eigenvalue weighted by Crippen LogP contribution is 2.34. The Hall–Kier alpha value is -4.39. The van der Waals surface area contributed by atoms with E-state index in [0.717, 1.165) is 16.8 Å². The molecule has 0 fully saturated rings. The van der Waals surface area contributed by atoms with Gasteiger partial charge in [0.2, 0.25) is 5.91 Å².